The number of ether oxygens (including phenoxy) is 1. The van der Waals surface area contributed by atoms with Gasteiger partial charge in [-0.1, -0.05) is 31.2 Å². The Balaban J connectivity index is 1.33. The van der Waals surface area contributed by atoms with Crippen LogP contribution in [0.1, 0.15) is 18.9 Å². The third-order valence-corrected chi connectivity index (χ3v) is 6.03. The summed E-state index contributed by atoms with van der Waals surface area (Å²) in [5.74, 6) is 0.834. The van der Waals surface area contributed by atoms with Crippen molar-refractivity contribution in [3.05, 3.63) is 66.5 Å². The molecule has 2 N–H and O–H groups in total. The van der Waals surface area contributed by atoms with E-state index in [-0.39, 0.29) is 12.0 Å². The molecule has 0 bridgehead atoms. The van der Waals surface area contributed by atoms with Crippen molar-refractivity contribution in [3.63, 3.8) is 0 Å². The lowest BCUT2D eigenvalue weighted by molar-refractivity contribution is -0.143. The Morgan fingerprint density at radius 3 is 2.41 bits per heavy atom. The molecule has 1 aliphatic heterocycles. The number of methoxy groups -OCH3 is 1. The fourth-order valence-electron chi connectivity index (χ4n) is 4.16. The molecule has 4 rings (SSSR count). The third kappa shape index (κ3) is 5.06. The molecule has 0 aliphatic carbocycles. The van der Waals surface area contributed by atoms with E-state index in [9.17, 15) is 9.90 Å². The maximum absolute atomic E-state index is 11.5. The minimum absolute atomic E-state index is 0.204. The summed E-state index contributed by atoms with van der Waals surface area (Å²) in [5.41, 5.74) is 4.04. The van der Waals surface area contributed by atoms with Crippen molar-refractivity contribution >= 4 is 17.6 Å². The van der Waals surface area contributed by atoms with E-state index in [1.54, 1.807) is 19.5 Å². The SMILES string of the molecule is COc1ccc(-c2cnc(Nc3ccc(CCN4CC[C@H](C)[C@H]4C(=O)O)cc3)nc2)cc1. The van der Waals surface area contributed by atoms with Crippen LogP contribution in [0.25, 0.3) is 11.1 Å². The van der Waals surface area contributed by atoms with Crippen LogP contribution in [-0.4, -0.2) is 52.2 Å². The summed E-state index contributed by atoms with van der Waals surface area (Å²) in [6, 6.07) is 15.5. The van der Waals surface area contributed by atoms with Crippen LogP contribution in [0.3, 0.4) is 0 Å². The summed E-state index contributed by atoms with van der Waals surface area (Å²) in [5, 5.41) is 12.7. The maximum atomic E-state index is 11.5. The van der Waals surface area contributed by atoms with E-state index in [1.807, 2.05) is 43.3 Å². The molecule has 0 spiro atoms. The molecule has 2 atom stereocenters. The summed E-state index contributed by atoms with van der Waals surface area (Å²) in [7, 11) is 1.65. The number of nitrogens with zero attached hydrogens (tertiary/aromatic N) is 3. The van der Waals surface area contributed by atoms with Gasteiger partial charge >= 0.3 is 5.97 Å². The quantitative estimate of drug-likeness (QED) is 0.551. The van der Waals surface area contributed by atoms with Crippen LogP contribution in [0.2, 0.25) is 0 Å². The van der Waals surface area contributed by atoms with Crippen LogP contribution in [0, 0.1) is 5.92 Å². The number of aromatic nitrogens is 2. The van der Waals surface area contributed by atoms with Gasteiger partial charge < -0.3 is 15.2 Å². The van der Waals surface area contributed by atoms with E-state index in [1.165, 1.54) is 5.56 Å². The third-order valence-electron chi connectivity index (χ3n) is 6.03. The summed E-state index contributed by atoms with van der Waals surface area (Å²) < 4.78 is 5.19. The Hall–Kier alpha value is -3.45. The molecule has 7 nitrogen and oxygen atoms in total. The van der Waals surface area contributed by atoms with Crippen LogP contribution >= 0.6 is 0 Å². The first kappa shape index (κ1) is 21.8. The highest BCUT2D eigenvalue weighted by Gasteiger charge is 2.36. The van der Waals surface area contributed by atoms with Crippen molar-refractivity contribution in [2.75, 3.05) is 25.5 Å². The number of carboxylic acid groups (broad SMARTS) is 1. The van der Waals surface area contributed by atoms with Gasteiger partial charge in [-0.05, 0) is 60.7 Å². The number of nitrogens with one attached hydrogen (secondary N) is 1. The smallest absolute Gasteiger partial charge is 0.321 e. The van der Waals surface area contributed by atoms with Crippen molar-refractivity contribution in [1.29, 1.82) is 0 Å². The number of rotatable bonds is 8. The van der Waals surface area contributed by atoms with E-state index in [4.69, 9.17) is 4.74 Å². The number of benzene rings is 2. The van der Waals surface area contributed by atoms with Gasteiger partial charge in [-0.3, -0.25) is 9.69 Å². The molecule has 32 heavy (non-hydrogen) atoms. The second-order valence-corrected chi connectivity index (χ2v) is 8.18. The fourth-order valence-corrected chi connectivity index (χ4v) is 4.16. The van der Waals surface area contributed by atoms with Gasteiger partial charge in [0, 0.05) is 30.2 Å². The lowest BCUT2D eigenvalue weighted by atomic mass is 10.0. The van der Waals surface area contributed by atoms with Crippen molar-refractivity contribution in [1.82, 2.24) is 14.9 Å². The maximum Gasteiger partial charge on any atom is 0.321 e. The Morgan fingerprint density at radius 2 is 1.78 bits per heavy atom. The number of hydrogen-bond acceptors (Lipinski definition) is 6. The zero-order chi connectivity index (χ0) is 22.5. The molecule has 0 unspecified atom stereocenters. The molecular formula is C25H28N4O3. The normalized spacial score (nSPS) is 18.4. The molecule has 1 fully saturated rings. The largest absolute Gasteiger partial charge is 0.497 e. The Bertz CT molecular complexity index is 1040. The molecule has 3 aromatic rings. The first-order valence-electron chi connectivity index (χ1n) is 10.8. The second kappa shape index (κ2) is 9.78. The predicted octanol–water partition coefficient (Wildman–Crippen LogP) is 4.23. The van der Waals surface area contributed by atoms with Gasteiger partial charge in [-0.15, -0.1) is 0 Å². The van der Waals surface area contributed by atoms with Crippen LogP contribution < -0.4 is 10.1 Å². The van der Waals surface area contributed by atoms with Gasteiger partial charge in [0.05, 0.1) is 7.11 Å². The average molecular weight is 433 g/mol. The molecule has 166 valence electrons. The lowest BCUT2D eigenvalue weighted by Crippen LogP contribution is -2.40. The second-order valence-electron chi connectivity index (χ2n) is 8.18. The first-order valence-corrected chi connectivity index (χ1v) is 10.8. The minimum atomic E-state index is -0.715. The summed E-state index contributed by atoms with van der Waals surface area (Å²) in [4.78, 5) is 22.4. The van der Waals surface area contributed by atoms with Crippen molar-refractivity contribution < 1.29 is 14.6 Å². The van der Waals surface area contributed by atoms with Gasteiger partial charge in [0.15, 0.2) is 0 Å². The number of likely N-dealkylation sites (tertiary alicyclic amines) is 1. The molecule has 1 aromatic heterocycles. The van der Waals surface area contributed by atoms with Crippen molar-refractivity contribution in [2.24, 2.45) is 5.92 Å². The first-order chi connectivity index (χ1) is 15.5. The molecule has 1 aliphatic rings. The zero-order valence-electron chi connectivity index (χ0n) is 18.4. The van der Waals surface area contributed by atoms with E-state index in [0.29, 0.717) is 5.95 Å². The number of anilines is 2. The van der Waals surface area contributed by atoms with E-state index in [0.717, 1.165) is 48.5 Å². The highest BCUT2D eigenvalue weighted by atomic mass is 16.5. The fraction of sp³-hybridized carbons (Fsp3) is 0.320. The molecule has 2 heterocycles. The van der Waals surface area contributed by atoms with Gasteiger partial charge in [-0.2, -0.15) is 0 Å². The van der Waals surface area contributed by atoms with E-state index >= 15 is 0 Å². The van der Waals surface area contributed by atoms with Gasteiger partial charge in [0.2, 0.25) is 5.95 Å². The molecule has 1 saturated heterocycles. The molecule has 0 saturated carbocycles. The minimum Gasteiger partial charge on any atom is -0.497 e. The van der Waals surface area contributed by atoms with Gasteiger partial charge in [0.25, 0.3) is 0 Å². The number of carbonyl (C=O) groups is 1. The van der Waals surface area contributed by atoms with E-state index in [2.05, 4.69) is 32.3 Å². The molecule has 0 amide bonds. The predicted molar refractivity (Wildman–Crippen MR) is 124 cm³/mol. The molecule has 7 heteroatoms. The van der Waals surface area contributed by atoms with Crippen LogP contribution in [0.15, 0.2) is 60.9 Å². The number of carboxylic acids is 1. The van der Waals surface area contributed by atoms with Gasteiger partial charge in [-0.25, -0.2) is 9.97 Å². The molecule has 0 radical (unpaired) electrons. The van der Waals surface area contributed by atoms with Crippen LogP contribution in [0.4, 0.5) is 11.6 Å². The highest BCUT2D eigenvalue weighted by molar-refractivity contribution is 5.74. The molecular weight excluding hydrogens is 404 g/mol. The summed E-state index contributed by atoms with van der Waals surface area (Å²) in [6.45, 7) is 3.62. The standard InChI is InChI=1S/C25H28N4O3/c1-17-11-13-29(23(17)24(30)31)14-12-18-3-7-21(8-4-18)28-25-26-15-20(16-27-25)19-5-9-22(32-2)10-6-19/h3-10,15-17,23H,11-14H2,1-2H3,(H,30,31)(H,26,27,28)/t17-,23-/m0/s1. The number of aliphatic carboxylic acids is 1. The van der Waals surface area contributed by atoms with E-state index < -0.39 is 5.97 Å². The Morgan fingerprint density at radius 1 is 1.09 bits per heavy atom. The van der Waals surface area contributed by atoms with Crippen LogP contribution in [0.5, 0.6) is 5.75 Å². The molecule has 2 aromatic carbocycles. The number of hydrogen-bond donors (Lipinski definition) is 2. The van der Waals surface area contributed by atoms with Crippen LogP contribution in [-0.2, 0) is 11.2 Å². The zero-order valence-corrected chi connectivity index (χ0v) is 18.4. The summed E-state index contributed by atoms with van der Waals surface area (Å²) >= 11 is 0. The highest BCUT2D eigenvalue weighted by Crippen LogP contribution is 2.25. The monoisotopic (exact) mass is 432 g/mol. The topological polar surface area (TPSA) is 87.6 Å². The lowest BCUT2D eigenvalue weighted by Gasteiger charge is -2.23. The summed E-state index contributed by atoms with van der Waals surface area (Å²) in [6.07, 6.45) is 5.35. The van der Waals surface area contributed by atoms with Gasteiger partial charge in [0.1, 0.15) is 11.8 Å². The Labute approximate surface area is 188 Å². The average Bonchev–Trinajstić information content (AvgIpc) is 3.20. The Kier molecular flexibility index (Phi) is 6.66. The van der Waals surface area contributed by atoms with Crippen molar-refractivity contribution in [2.45, 2.75) is 25.8 Å². The van der Waals surface area contributed by atoms with Crippen molar-refractivity contribution in [3.8, 4) is 16.9 Å².